The average Bonchev–Trinajstić information content (AvgIpc) is 2.65. The van der Waals surface area contributed by atoms with E-state index in [1.54, 1.807) is 0 Å². The topological polar surface area (TPSA) is 20.2 Å². The minimum atomic E-state index is 0.377. The Morgan fingerprint density at radius 3 is 2.44 bits per heavy atom. The van der Waals surface area contributed by atoms with Crippen LogP contribution < -0.4 is 0 Å². The molecule has 1 saturated carbocycles. The average molecular weight is 128 g/mol. The Bertz CT molecular complexity index is 84.6. The molecule has 0 unspecified atom stereocenters. The molecule has 0 aromatic carbocycles. The van der Waals surface area contributed by atoms with Crippen LogP contribution in [0.4, 0.5) is 0 Å². The number of hydrogen-bond acceptors (Lipinski definition) is 1. The maximum absolute atomic E-state index is 8.55. The second kappa shape index (κ2) is 2.70. The first-order valence-electron chi connectivity index (χ1n) is 3.94. The maximum atomic E-state index is 8.55. The van der Waals surface area contributed by atoms with E-state index in [1.807, 2.05) is 0 Å². The summed E-state index contributed by atoms with van der Waals surface area (Å²) in [6, 6.07) is 0. The third-order valence-corrected chi connectivity index (χ3v) is 2.57. The molecule has 1 heteroatoms. The molecule has 0 aromatic rings. The van der Waals surface area contributed by atoms with Gasteiger partial charge in [-0.3, -0.25) is 0 Å². The second-order valence-corrected chi connectivity index (χ2v) is 3.18. The van der Waals surface area contributed by atoms with Gasteiger partial charge in [0, 0.05) is 6.61 Å². The third kappa shape index (κ3) is 1.68. The zero-order valence-corrected chi connectivity index (χ0v) is 6.19. The van der Waals surface area contributed by atoms with Gasteiger partial charge in [0.25, 0.3) is 0 Å². The zero-order chi connectivity index (χ0) is 6.74. The predicted octanol–water partition coefficient (Wildman–Crippen LogP) is 1.95. The third-order valence-electron chi connectivity index (χ3n) is 2.57. The van der Waals surface area contributed by atoms with Crippen molar-refractivity contribution in [2.24, 2.45) is 5.41 Å². The van der Waals surface area contributed by atoms with Crippen LogP contribution in [0.2, 0.25) is 0 Å². The molecule has 0 amide bonds. The van der Waals surface area contributed by atoms with Crippen molar-refractivity contribution in [1.29, 1.82) is 0 Å². The van der Waals surface area contributed by atoms with Gasteiger partial charge >= 0.3 is 0 Å². The molecular formula is C8H16O. The number of aliphatic hydroxyl groups excluding tert-OH is 1. The monoisotopic (exact) mass is 128 g/mol. The van der Waals surface area contributed by atoms with E-state index in [2.05, 4.69) is 6.92 Å². The van der Waals surface area contributed by atoms with Crippen molar-refractivity contribution in [2.75, 3.05) is 6.61 Å². The molecule has 0 saturated heterocycles. The standard InChI is InChI=1S/C8H16O/c1-2-8(5-6-8)4-3-7-9/h9H,2-7H2,1H3. The number of aliphatic hydroxyl groups is 1. The second-order valence-electron chi connectivity index (χ2n) is 3.18. The Morgan fingerprint density at radius 2 is 2.11 bits per heavy atom. The summed E-state index contributed by atoms with van der Waals surface area (Å²) in [6.45, 7) is 2.63. The van der Waals surface area contributed by atoms with Crippen LogP contribution in [0.1, 0.15) is 39.0 Å². The van der Waals surface area contributed by atoms with E-state index in [-0.39, 0.29) is 0 Å². The number of hydrogen-bond donors (Lipinski definition) is 1. The molecular weight excluding hydrogens is 112 g/mol. The quantitative estimate of drug-likeness (QED) is 0.613. The van der Waals surface area contributed by atoms with Gasteiger partial charge in [-0.2, -0.15) is 0 Å². The van der Waals surface area contributed by atoms with Crippen molar-refractivity contribution in [3.63, 3.8) is 0 Å². The minimum absolute atomic E-state index is 0.377. The van der Waals surface area contributed by atoms with Gasteiger partial charge in [0.1, 0.15) is 0 Å². The van der Waals surface area contributed by atoms with Gasteiger partial charge in [0.2, 0.25) is 0 Å². The molecule has 54 valence electrons. The maximum Gasteiger partial charge on any atom is 0.0431 e. The summed E-state index contributed by atoms with van der Waals surface area (Å²) in [6.07, 6.45) is 6.38. The van der Waals surface area contributed by atoms with Crippen molar-refractivity contribution < 1.29 is 5.11 Å². The van der Waals surface area contributed by atoms with E-state index in [9.17, 15) is 0 Å². The summed E-state index contributed by atoms with van der Waals surface area (Å²) < 4.78 is 0. The van der Waals surface area contributed by atoms with Gasteiger partial charge < -0.3 is 5.11 Å². The van der Waals surface area contributed by atoms with Gasteiger partial charge in [-0.15, -0.1) is 0 Å². The van der Waals surface area contributed by atoms with Crippen molar-refractivity contribution in [1.82, 2.24) is 0 Å². The fraction of sp³-hybridized carbons (Fsp3) is 1.00. The minimum Gasteiger partial charge on any atom is -0.396 e. The first-order chi connectivity index (χ1) is 4.33. The molecule has 9 heavy (non-hydrogen) atoms. The highest BCUT2D eigenvalue weighted by molar-refractivity contribution is 4.91. The summed E-state index contributed by atoms with van der Waals surface area (Å²) >= 11 is 0. The highest BCUT2D eigenvalue weighted by Gasteiger charge is 2.39. The van der Waals surface area contributed by atoms with Crippen LogP contribution in [0, 0.1) is 5.41 Å². The highest BCUT2D eigenvalue weighted by atomic mass is 16.2. The molecule has 0 atom stereocenters. The lowest BCUT2D eigenvalue weighted by Gasteiger charge is -2.09. The molecule has 0 spiro atoms. The SMILES string of the molecule is CCC1(CCCO)CC1. The van der Waals surface area contributed by atoms with Gasteiger partial charge in [0.05, 0.1) is 0 Å². The van der Waals surface area contributed by atoms with Crippen molar-refractivity contribution in [2.45, 2.75) is 39.0 Å². The summed E-state index contributed by atoms with van der Waals surface area (Å²) in [5.41, 5.74) is 0.683. The van der Waals surface area contributed by atoms with E-state index >= 15 is 0 Å². The molecule has 0 bridgehead atoms. The summed E-state index contributed by atoms with van der Waals surface area (Å²) in [5, 5.41) is 8.55. The van der Waals surface area contributed by atoms with E-state index in [0.717, 1.165) is 6.42 Å². The van der Waals surface area contributed by atoms with Crippen molar-refractivity contribution in [3.8, 4) is 0 Å². The van der Waals surface area contributed by atoms with Crippen LogP contribution in [-0.2, 0) is 0 Å². The van der Waals surface area contributed by atoms with E-state index < -0.39 is 0 Å². The van der Waals surface area contributed by atoms with Crippen LogP contribution in [-0.4, -0.2) is 11.7 Å². The fourth-order valence-electron chi connectivity index (χ4n) is 1.41. The van der Waals surface area contributed by atoms with E-state index in [0.29, 0.717) is 12.0 Å². The lowest BCUT2D eigenvalue weighted by atomic mass is 9.98. The molecule has 0 heterocycles. The zero-order valence-electron chi connectivity index (χ0n) is 6.19. The van der Waals surface area contributed by atoms with Gasteiger partial charge in [-0.25, -0.2) is 0 Å². The summed E-state index contributed by atoms with van der Waals surface area (Å²) in [4.78, 5) is 0. The lowest BCUT2D eigenvalue weighted by molar-refractivity contribution is 0.265. The largest absolute Gasteiger partial charge is 0.396 e. The Kier molecular flexibility index (Phi) is 2.12. The van der Waals surface area contributed by atoms with Gasteiger partial charge in [-0.1, -0.05) is 13.3 Å². The van der Waals surface area contributed by atoms with E-state index in [4.69, 9.17) is 5.11 Å². The molecule has 1 fully saturated rings. The Balaban J connectivity index is 2.10. The summed E-state index contributed by atoms with van der Waals surface area (Å²) in [5.74, 6) is 0. The normalized spacial score (nSPS) is 22.0. The van der Waals surface area contributed by atoms with Crippen LogP contribution in [0.3, 0.4) is 0 Å². The van der Waals surface area contributed by atoms with Crippen LogP contribution in [0.25, 0.3) is 0 Å². The summed E-state index contributed by atoms with van der Waals surface area (Å²) in [7, 11) is 0. The van der Waals surface area contributed by atoms with Crippen LogP contribution in [0.5, 0.6) is 0 Å². The smallest absolute Gasteiger partial charge is 0.0431 e. The van der Waals surface area contributed by atoms with Crippen LogP contribution >= 0.6 is 0 Å². The molecule has 1 N–H and O–H groups in total. The molecule has 1 rings (SSSR count). The molecule has 1 aliphatic rings. The highest BCUT2D eigenvalue weighted by Crippen LogP contribution is 2.52. The van der Waals surface area contributed by atoms with Gasteiger partial charge in [0.15, 0.2) is 0 Å². The number of rotatable bonds is 4. The molecule has 0 radical (unpaired) electrons. The Hall–Kier alpha value is -0.0400. The molecule has 1 nitrogen and oxygen atoms in total. The predicted molar refractivity (Wildman–Crippen MR) is 38.3 cm³/mol. The lowest BCUT2D eigenvalue weighted by Crippen LogP contribution is -1.98. The Morgan fingerprint density at radius 1 is 1.44 bits per heavy atom. The fourth-order valence-corrected chi connectivity index (χ4v) is 1.41. The van der Waals surface area contributed by atoms with E-state index in [1.165, 1.54) is 25.7 Å². The molecule has 0 aliphatic heterocycles. The van der Waals surface area contributed by atoms with Crippen molar-refractivity contribution in [3.05, 3.63) is 0 Å². The first kappa shape index (κ1) is 7.07. The Labute approximate surface area is 57.1 Å². The van der Waals surface area contributed by atoms with Gasteiger partial charge in [-0.05, 0) is 31.1 Å². The van der Waals surface area contributed by atoms with Crippen molar-refractivity contribution >= 4 is 0 Å². The first-order valence-corrected chi connectivity index (χ1v) is 3.94. The molecule has 0 aromatic heterocycles. The molecule has 1 aliphatic carbocycles. The van der Waals surface area contributed by atoms with Crippen LogP contribution in [0.15, 0.2) is 0 Å².